The van der Waals surface area contributed by atoms with Crippen LogP contribution in [0.25, 0.3) is 0 Å². The second-order valence-electron chi connectivity index (χ2n) is 7.92. The van der Waals surface area contributed by atoms with Crippen LogP contribution in [0.2, 0.25) is 5.02 Å². The van der Waals surface area contributed by atoms with Crippen molar-refractivity contribution in [3.8, 4) is 5.75 Å². The molecule has 0 aliphatic carbocycles. The van der Waals surface area contributed by atoms with E-state index in [4.69, 9.17) is 27.9 Å². The van der Waals surface area contributed by atoms with Crippen molar-refractivity contribution in [3.05, 3.63) is 93.1 Å². The molecular weight excluding hydrogens is 489 g/mol. The molecule has 178 valence electrons. The quantitative estimate of drug-likeness (QED) is 0.419. The number of methoxy groups -OCH3 is 1. The molecule has 3 aromatic carbocycles. The van der Waals surface area contributed by atoms with Gasteiger partial charge in [-0.3, -0.25) is 14.4 Å². The number of benzene rings is 3. The lowest BCUT2D eigenvalue weighted by molar-refractivity contribution is -0.120. The number of carbonyl (C=O) groups is 3. The fourth-order valence-corrected chi connectivity index (χ4v) is 3.92. The summed E-state index contributed by atoms with van der Waals surface area (Å²) in [6, 6.07) is 16.7. The summed E-state index contributed by atoms with van der Waals surface area (Å²) in [7, 11) is 1.53. The van der Waals surface area contributed by atoms with E-state index in [2.05, 4.69) is 10.6 Å². The molecule has 3 aromatic rings. The molecule has 35 heavy (non-hydrogen) atoms. The number of imide groups is 1. The molecule has 2 N–H and O–H groups in total. The number of hydrogen-bond acceptors (Lipinski definition) is 5. The van der Waals surface area contributed by atoms with Gasteiger partial charge in [-0.2, -0.15) is 0 Å². The van der Waals surface area contributed by atoms with E-state index in [1.807, 2.05) is 19.1 Å². The molecule has 0 radical (unpaired) electrons. The molecule has 0 atom stereocenters. The second kappa shape index (κ2) is 9.82. The Bertz CT molecular complexity index is 1380. The molecule has 1 heterocycles. The SMILES string of the molecule is COc1ccc(C)cc1NC(=O)c1ccc(C)c(NC2=C(Cl)C(=O)N(c3ccc(Cl)cc3)C2=O)c1. The van der Waals surface area contributed by atoms with Gasteiger partial charge in [0.15, 0.2) is 0 Å². The van der Waals surface area contributed by atoms with Gasteiger partial charge in [0.2, 0.25) is 0 Å². The van der Waals surface area contributed by atoms with Crippen LogP contribution in [0.4, 0.5) is 17.1 Å². The van der Waals surface area contributed by atoms with Crippen molar-refractivity contribution < 1.29 is 19.1 Å². The number of carbonyl (C=O) groups excluding carboxylic acids is 3. The molecule has 0 saturated heterocycles. The van der Waals surface area contributed by atoms with E-state index >= 15 is 0 Å². The Morgan fingerprint density at radius 2 is 1.60 bits per heavy atom. The molecule has 0 fully saturated rings. The first kappa shape index (κ1) is 24.3. The summed E-state index contributed by atoms with van der Waals surface area (Å²) >= 11 is 12.2. The Hall–Kier alpha value is -3.81. The molecule has 1 aliphatic heterocycles. The van der Waals surface area contributed by atoms with Gasteiger partial charge in [0.1, 0.15) is 16.5 Å². The number of nitrogens with one attached hydrogen (secondary N) is 2. The number of nitrogens with zero attached hydrogens (tertiary/aromatic N) is 1. The highest BCUT2D eigenvalue weighted by Crippen LogP contribution is 2.32. The highest BCUT2D eigenvalue weighted by atomic mass is 35.5. The Morgan fingerprint density at radius 3 is 2.29 bits per heavy atom. The van der Waals surface area contributed by atoms with Gasteiger partial charge in [0.05, 0.1) is 18.5 Å². The number of halogens is 2. The van der Waals surface area contributed by atoms with Crippen molar-refractivity contribution in [2.45, 2.75) is 13.8 Å². The van der Waals surface area contributed by atoms with Crippen LogP contribution in [0.1, 0.15) is 21.5 Å². The lowest BCUT2D eigenvalue weighted by Gasteiger charge is -2.16. The molecule has 0 saturated carbocycles. The maximum absolute atomic E-state index is 13.1. The predicted octanol–water partition coefficient (Wildman–Crippen LogP) is 5.65. The van der Waals surface area contributed by atoms with E-state index in [9.17, 15) is 14.4 Å². The molecule has 7 nitrogen and oxygen atoms in total. The minimum atomic E-state index is -0.653. The summed E-state index contributed by atoms with van der Waals surface area (Å²) in [6.45, 7) is 3.72. The summed E-state index contributed by atoms with van der Waals surface area (Å²) in [5.41, 5.74) is 3.31. The smallest absolute Gasteiger partial charge is 0.283 e. The van der Waals surface area contributed by atoms with Crippen LogP contribution < -0.4 is 20.3 Å². The third kappa shape index (κ3) is 4.87. The first-order chi connectivity index (χ1) is 16.7. The molecule has 0 spiro atoms. The van der Waals surface area contributed by atoms with Crippen LogP contribution >= 0.6 is 23.2 Å². The molecule has 0 unspecified atom stereocenters. The van der Waals surface area contributed by atoms with Gasteiger partial charge in [0, 0.05) is 16.3 Å². The average Bonchev–Trinajstić information content (AvgIpc) is 3.04. The van der Waals surface area contributed by atoms with E-state index in [0.717, 1.165) is 16.0 Å². The van der Waals surface area contributed by atoms with Crippen molar-refractivity contribution in [2.75, 3.05) is 22.6 Å². The number of ether oxygens (including phenoxy) is 1. The Kier molecular flexibility index (Phi) is 6.82. The van der Waals surface area contributed by atoms with Crippen molar-refractivity contribution >= 4 is 58.0 Å². The van der Waals surface area contributed by atoms with Crippen LogP contribution in [-0.2, 0) is 9.59 Å². The van der Waals surface area contributed by atoms with Gasteiger partial charge in [-0.1, -0.05) is 35.3 Å². The van der Waals surface area contributed by atoms with E-state index in [0.29, 0.717) is 33.4 Å². The van der Waals surface area contributed by atoms with Crippen LogP contribution in [0.15, 0.2) is 71.4 Å². The lowest BCUT2D eigenvalue weighted by Crippen LogP contribution is -2.32. The zero-order chi connectivity index (χ0) is 25.3. The van der Waals surface area contributed by atoms with Crippen LogP contribution in [0, 0.1) is 13.8 Å². The largest absolute Gasteiger partial charge is 0.495 e. The number of rotatable bonds is 6. The number of aryl methyl sites for hydroxylation is 2. The number of anilines is 3. The van der Waals surface area contributed by atoms with Gasteiger partial charge in [0.25, 0.3) is 17.7 Å². The standard InChI is InChI=1S/C26H21Cl2N3O4/c1-14-4-11-21(35-3)20(12-14)30-24(32)16-6-5-15(2)19(13-16)29-23-22(28)25(33)31(26(23)34)18-9-7-17(27)8-10-18/h4-13,29H,1-3H3,(H,30,32). The maximum atomic E-state index is 13.1. The molecule has 0 aromatic heterocycles. The van der Waals surface area contributed by atoms with E-state index in [-0.39, 0.29) is 16.6 Å². The topological polar surface area (TPSA) is 87.7 Å². The normalized spacial score (nSPS) is 13.3. The van der Waals surface area contributed by atoms with Crippen LogP contribution in [0.3, 0.4) is 0 Å². The number of hydrogen-bond donors (Lipinski definition) is 2. The van der Waals surface area contributed by atoms with E-state index < -0.39 is 11.8 Å². The van der Waals surface area contributed by atoms with Gasteiger partial charge in [-0.25, -0.2) is 4.90 Å². The summed E-state index contributed by atoms with van der Waals surface area (Å²) < 4.78 is 5.33. The van der Waals surface area contributed by atoms with E-state index in [1.165, 1.54) is 7.11 Å². The van der Waals surface area contributed by atoms with Gasteiger partial charge in [-0.05, 0) is 73.5 Å². The first-order valence-corrected chi connectivity index (χ1v) is 11.3. The van der Waals surface area contributed by atoms with E-state index in [1.54, 1.807) is 55.5 Å². The fraction of sp³-hybridized carbons (Fsp3) is 0.115. The molecule has 3 amide bonds. The Balaban J connectivity index is 1.59. The van der Waals surface area contributed by atoms with Gasteiger partial charge in [-0.15, -0.1) is 0 Å². The van der Waals surface area contributed by atoms with Crippen molar-refractivity contribution in [1.29, 1.82) is 0 Å². The minimum absolute atomic E-state index is 0.0763. The summed E-state index contributed by atoms with van der Waals surface area (Å²) in [6.07, 6.45) is 0. The summed E-state index contributed by atoms with van der Waals surface area (Å²) in [5, 5.41) is 6.02. The van der Waals surface area contributed by atoms with Crippen LogP contribution in [0.5, 0.6) is 5.75 Å². The maximum Gasteiger partial charge on any atom is 0.283 e. The summed E-state index contributed by atoms with van der Waals surface area (Å²) in [4.78, 5) is 39.7. The zero-order valence-corrected chi connectivity index (χ0v) is 20.6. The minimum Gasteiger partial charge on any atom is -0.495 e. The van der Waals surface area contributed by atoms with Crippen molar-refractivity contribution in [2.24, 2.45) is 0 Å². The number of amides is 3. The third-order valence-electron chi connectivity index (χ3n) is 5.47. The second-order valence-corrected chi connectivity index (χ2v) is 8.74. The molecule has 1 aliphatic rings. The van der Waals surface area contributed by atoms with Crippen molar-refractivity contribution in [3.63, 3.8) is 0 Å². The fourth-order valence-electron chi connectivity index (χ4n) is 3.58. The molecule has 0 bridgehead atoms. The molecular formula is C26H21Cl2N3O4. The lowest BCUT2D eigenvalue weighted by atomic mass is 10.1. The highest BCUT2D eigenvalue weighted by Gasteiger charge is 2.39. The Morgan fingerprint density at radius 1 is 0.886 bits per heavy atom. The predicted molar refractivity (Wildman–Crippen MR) is 137 cm³/mol. The molecule has 4 rings (SSSR count). The average molecular weight is 510 g/mol. The van der Waals surface area contributed by atoms with Gasteiger partial charge < -0.3 is 15.4 Å². The first-order valence-electron chi connectivity index (χ1n) is 10.6. The van der Waals surface area contributed by atoms with Gasteiger partial charge >= 0.3 is 0 Å². The van der Waals surface area contributed by atoms with Crippen molar-refractivity contribution in [1.82, 2.24) is 0 Å². The zero-order valence-electron chi connectivity index (χ0n) is 19.1. The van der Waals surface area contributed by atoms with Crippen LogP contribution in [-0.4, -0.2) is 24.8 Å². The summed E-state index contributed by atoms with van der Waals surface area (Å²) in [5.74, 6) is -1.10. The Labute approximate surface area is 212 Å². The highest BCUT2D eigenvalue weighted by molar-refractivity contribution is 6.53. The monoisotopic (exact) mass is 509 g/mol. The molecule has 9 heteroatoms. The third-order valence-corrected chi connectivity index (χ3v) is 6.08.